The first-order valence-corrected chi connectivity index (χ1v) is 10.2. The summed E-state index contributed by atoms with van der Waals surface area (Å²) in [4.78, 5) is 17.3. The lowest BCUT2D eigenvalue weighted by atomic mass is 10.3. The Morgan fingerprint density at radius 2 is 2.18 bits per heavy atom. The van der Waals surface area contributed by atoms with Gasteiger partial charge in [-0.2, -0.15) is 0 Å². The maximum Gasteiger partial charge on any atom is 0.277 e. The van der Waals surface area contributed by atoms with E-state index < -0.39 is 11.9 Å². The largest absolute Gasteiger partial charge is 0.478 e. The average Bonchev–Trinajstić information content (AvgIpc) is 3.29. The molecule has 0 saturated heterocycles. The molecule has 0 aliphatic heterocycles. The van der Waals surface area contributed by atoms with Crippen LogP contribution in [0.2, 0.25) is 0 Å². The van der Waals surface area contributed by atoms with Crippen LogP contribution in [0.5, 0.6) is 5.75 Å². The van der Waals surface area contributed by atoms with Crippen molar-refractivity contribution in [2.75, 3.05) is 0 Å². The lowest BCUT2D eigenvalue weighted by Crippen LogP contribution is -2.14. The van der Waals surface area contributed by atoms with Gasteiger partial charge < -0.3 is 9.15 Å². The van der Waals surface area contributed by atoms with Gasteiger partial charge in [0.15, 0.2) is 22.6 Å². The van der Waals surface area contributed by atoms with E-state index in [1.165, 1.54) is 41.3 Å². The fourth-order valence-corrected chi connectivity index (χ4v) is 4.09. The number of halogens is 1. The number of aromatic nitrogens is 4. The van der Waals surface area contributed by atoms with Crippen LogP contribution in [-0.4, -0.2) is 19.6 Å². The molecule has 0 aliphatic rings. The molecule has 0 fully saturated rings. The molecule has 28 heavy (non-hydrogen) atoms. The first-order valence-electron chi connectivity index (χ1n) is 8.35. The number of rotatable bonds is 6. The van der Waals surface area contributed by atoms with Crippen LogP contribution in [0.1, 0.15) is 30.3 Å². The first kappa shape index (κ1) is 18.6. The molecule has 0 saturated carbocycles. The standard InChI is InChI=1S/C18H15FN4O3S2/c1-10-8-27-17-20-12(7-15(24)23(10)17)9-28-18-22-21-16(26-18)11(2)25-14-6-4-3-5-13(14)19/h3-8,11H,9H2,1-2H3. The van der Waals surface area contributed by atoms with E-state index in [2.05, 4.69) is 15.2 Å². The Morgan fingerprint density at radius 1 is 1.36 bits per heavy atom. The summed E-state index contributed by atoms with van der Waals surface area (Å²) in [5, 5.41) is 10.1. The Morgan fingerprint density at radius 3 is 3.00 bits per heavy atom. The van der Waals surface area contributed by atoms with Gasteiger partial charge in [-0.15, -0.1) is 21.5 Å². The Labute approximate surface area is 167 Å². The second kappa shape index (κ2) is 7.72. The molecule has 0 radical (unpaired) electrons. The Balaban J connectivity index is 1.44. The van der Waals surface area contributed by atoms with Crippen molar-refractivity contribution in [3.63, 3.8) is 0 Å². The third-order valence-electron chi connectivity index (χ3n) is 3.88. The molecule has 7 nitrogen and oxygen atoms in total. The summed E-state index contributed by atoms with van der Waals surface area (Å²) in [5.41, 5.74) is 1.38. The van der Waals surface area contributed by atoms with Gasteiger partial charge in [0, 0.05) is 22.9 Å². The van der Waals surface area contributed by atoms with Gasteiger partial charge >= 0.3 is 0 Å². The normalized spacial score (nSPS) is 12.4. The van der Waals surface area contributed by atoms with Crippen molar-refractivity contribution in [2.24, 2.45) is 0 Å². The van der Waals surface area contributed by atoms with Crippen molar-refractivity contribution < 1.29 is 13.5 Å². The molecule has 3 aromatic heterocycles. The molecule has 0 amide bonds. The number of thioether (sulfide) groups is 1. The molecule has 1 unspecified atom stereocenters. The van der Waals surface area contributed by atoms with Gasteiger partial charge in [-0.25, -0.2) is 9.37 Å². The summed E-state index contributed by atoms with van der Waals surface area (Å²) in [6, 6.07) is 7.62. The molecule has 144 valence electrons. The summed E-state index contributed by atoms with van der Waals surface area (Å²) in [6.45, 7) is 3.56. The Bertz CT molecular complexity index is 1190. The summed E-state index contributed by atoms with van der Waals surface area (Å²) < 4.78 is 26.4. The Hall–Kier alpha value is -2.72. The zero-order valence-electron chi connectivity index (χ0n) is 15.0. The SMILES string of the molecule is Cc1csc2nc(CSc3nnc(C(C)Oc4ccccc4F)o3)cc(=O)n12. The minimum Gasteiger partial charge on any atom is -0.478 e. The van der Waals surface area contributed by atoms with Gasteiger partial charge in [0.1, 0.15) is 0 Å². The number of thiazole rings is 1. The highest BCUT2D eigenvalue weighted by atomic mass is 32.2. The fraction of sp³-hybridized carbons (Fsp3) is 0.222. The lowest BCUT2D eigenvalue weighted by Gasteiger charge is -2.11. The summed E-state index contributed by atoms with van der Waals surface area (Å²) in [5.74, 6) is 0.308. The Kier molecular flexibility index (Phi) is 5.14. The molecule has 4 aromatic rings. The van der Waals surface area contributed by atoms with Crippen LogP contribution in [-0.2, 0) is 5.75 Å². The van der Waals surface area contributed by atoms with Gasteiger partial charge in [-0.1, -0.05) is 23.9 Å². The van der Waals surface area contributed by atoms with E-state index in [4.69, 9.17) is 9.15 Å². The van der Waals surface area contributed by atoms with Gasteiger partial charge in [0.2, 0.25) is 0 Å². The highest BCUT2D eigenvalue weighted by Crippen LogP contribution is 2.27. The summed E-state index contributed by atoms with van der Waals surface area (Å²) >= 11 is 2.69. The number of para-hydroxylation sites is 1. The summed E-state index contributed by atoms with van der Waals surface area (Å²) in [6.07, 6.45) is -0.605. The number of nitrogens with zero attached hydrogens (tertiary/aromatic N) is 4. The molecule has 0 spiro atoms. The van der Waals surface area contributed by atoms with Crippen molar-refractivity contribution in [3.8, 4) is 5.75 Å². The van der Waals surface area contributed by atoms with E-state index in [1.54, 1.807) is 23.5 Å². The van der Waals surface area contributed by atoms with Gasteiger partial charge in [-0.3, -0.25) is 9.20 Å². The highest BCUT2D eigenvalue weighted by Gasteiger charge is 2.18. The number of ether oxygens (including phenoxy) is 1. The van der Waals surface area contributed by atoms with Crippen LogP contribution in [0.4, 0.5) is 4.39 Å². The molecule has 0 N–H and O–H groups in total. The maximum atomic E-state index is 13.7. The second-order valence-electron chi connectivity index (χ2n) is 5.97. The molecule has 4 rings (SSSR count). The van der Waals surface area contributed by atoms with Crippen molar-refractivity contribution in [2.45, 2.75) is 30.9 Å². The van der Waals surface area contributed by atoms with E-state index in [1.807, 2.05) is 12.3 Å². The molecule has 1 atom stereocenters. The minimum absolute atomic E-state index is 0.113. The number of aryl methyl sites for hydroxylation is 1. The smallest absolute Gasteiger partial charge is 0.277 e. The number of benzene rings is 1. The molecule has 3 heterocycles. The highest BCUT2D eigenvalue weighted by molar-refractivity contribution is 7.98. The first-order chi connectivity index (χ1) is 13.5. The zero-order valence-corrected chi connectivity index (χ0v) is 16.6. The maximum absolute atomic E-state index is 13.7. The topological polar surface area (TPSA) is 82.5 Å². The fourth-order valence-electron chi connectivity index (χ4n) is 2.53. The van der Waals surface area contributed by atoms with E-state index in [-0.39, 0.29) is 17.2 Å². The van der Waals surface area contributed by atoms with Crippen molar-refractivity contribution in [1.29, 1.82) is 0 Å². The van der Waals surface area contributed by atoms with E-state index in [0.29, 0.717) is 21.6 Å². The van der Waals surface area contributed by atoms with E-state index in [9.17, 15) is 9.18 Å². The van der Waals surface area contributed by atoms with E-state index >= 15 is 0 Å². The number of hydrogen-bond donors (Lipinski definition) is 0. The predicted molar refractivity (Wildman–Crippen MR) is 103 cm³/mol. The zero-order chi connectivity index (χ0) is 19.7. The third kappa shape index (κ3) is 3.78. The molecular weight excluding hydrogens is 403 g/mol. The molecular formula is C18H15FN4O3S2. The molecule has 0 bridgehead atoms. The monoisotopic (exact) mass is 418 g/mol. The molecule has 1 aromatic carbocycles. The van der Waals surface area contributed by atoms with Crippen LogP contribution in [0, 0.1) is 12.7 Å². The lowest BCUT2D eigenvalue weighted by molar-refractivity contribution is 0.174. The van der Waals surface area contributed by atoms with Gasteiger partial charge in [-0.05, 0) is 26.0 Å². The van der Waals surface area contributed by atoms with Gasteiger partial charge in [0.05, 0.1) is 5.69 Å². The van der Waals surface area contributed by atoms with Gasteiger partial charge in [0.25, 0.3) is 16.7 Å². The van der Waals surface area contributed by atoms with Crippen molar-refractivity contribution >= 4 is 28.1 Å². The predicted octanol–water partition coefficient (Wildman–Crippen LogP) is 4.02. The molecule has 0 aliphatic carbocycles. The second-order valence-corrected chi connectivity index (χ2v) is 7.73. The van der Waals surface area contributed by atoms with E-state index in [0.717, 1.165) is 5.69 Å². The van der Waals surface area contributed by atoms with Crippen LogP contribution in [0.25, 0.3) is 4.96 Å². The van der Waals surface area contributed by atoms with Crippen LogP contribution in [0.15, 0.2) is 50.1 Å². The quantitative estimate of drug-likeness (QED) is 0.437. The van der Waals surface area contributed by atoms with Crippen LogP contribution < -0.4 is 10.3 Å². The summed E-state index contributed by atoms with van der Waals surface area (Å²) in [7, 11) is 0. The average molecular weight is 418 g/mol. The van der Waals surface area contributed by atoms with Crippen molar-refractivity contribution in [1.82, 2.24) is 19.6 Å². The minimum atomic E-state index is -0.605. The van der Waals surface area contributed by atoms with Crippen LogP contribution in [0.3, 0.4) is 0 Å². The number of hydrogen-bond acceptors (Lipinski definition) is 8. The van der Waals surface area contributed by atoms with Crippen molar-refractivity contribution in [3.05, 3.63) is 69.2 Å². The number of fused-ring (bicyclic) bond motifs is 1. The third-order valence-corrected chi connectivity index (χ3v) is 5.68. The molecule has 10 heteroatoms. The van der Waals surface area contributed by atoms with Crippen LogP contribution >= 0.6 is 23.1 Å².